The van der Waals surface area contributed by atoms with Gasteiger partial charge in [-0.1, -0.05) is 0 Å². The predicted octanol–water partition coefficient (Wildman–Crippen LogP) is 2.67. The number of likely N-dealkylation sites (N-methyl/N-ethyl adjacent to an activating group) is 1. The third-order valence-electron chi connectivity index (χ3n) is 5.35. The molecule has 4 rings (SSSR count). The van der Waals surface area contributed by atoms with E-state index in [1.807, 2.05) is 16.5 Å². The van der Waals surface area contributed by atoms with E-state index < -0.39 is 17.4 Å². The molecule has 1 aromatic heterocycles. The van der Waals surface area contributed by atoms with E-state index in [-0.39, 0.29) is 23.2 Å². The molecule has 7 nitrogen and oxygen atoms in total. The number of piperazine rings is 1. The lowest BCUT2D eigenvalue weighted by atomic mass is 10.1. The van der Waals surface area contributed by atoms with Crippen molar-refractivity contribution in [2.24, 2.45) is 0 Å². The highest BCUT2D eigenvalue weighted by atomic mass is 19.1. The summed E-state index contributed by atoms with van der Waals surface area (Å²) in [6.07, 6.45) is 1.74. The molecule has 0 bridgehead atoms. The molecule has 1 aliphatic carbocycles. The summed E-state index contributed by atoms with van der Waals surface area (Å²) < 4.78 is 21.4. The highest BCUT2D eigenvalue weighted by Crippen LogP contribution is 2.39. The molecule has 1 aromatic carbocycles. The van der Waals surface area contributed by atoms with Gasteiger partial charge in [-0.2, -0.15) is 0 Å². The summed E-state index contributed by atoms with van der Waals surface area (Å²) in [6.45, 7) is 4.42. The second-order valence-electron chi connectivity index (χ2n) is 7.45. The molecule has 1 aliphatic heterocycles. The first kappa shape index (κ1) is 17.8. The number of benzene rings is 1. The number of nitrogens with zero attached hydrogens (tertiary/aromatic N) is 3. The molecule has 1 saturated carbocycles. The van der Waals surface area contributed by atoms with E-state index in [9.17, 15) is 14.0 Å². The van der Waals surface area contributed by atoms with Crippen molar-refractivity contribution in [1.29, 1.82) is 0 Å². The molecule has 1 saturated heterocycles. The fourth-order valence-electron chi connectivity index (χ4n) is 3.87. The summed E-state index contributed by atoms with van der Waals surface area (Å²) >= 11 is 0. The molecule has 0 spiro atoms. The van der Waals surface area contributed by atoms with E-state index in [2.05, 4.69) is 16.6 Å². The highest BCUT2D eigenvalue weighted by Gasteiger charge is 2.29. The number of carbonyl (C=O) groups is 1. The van der Waals surface area contributed by atoms with Gasteiger partial charge in [-0.15, -0.1) is 0 Å². The fourth-order valence-corrected chi connectivity index (χ4v) is 3.87. The van der Waals surface area contributed by atoms with E-state index >= 15 is 0 Å². The maximum absolute atomic E-state index is 14.9. The third kappa shape index (κ3) is 3.25. The van der Waals surface area contributed by atoms with Crippen LogP contribution in [-0.2, 0) is 0 Å². The molecule has 27 heavy (non-hydrogen) atoms. The largest absolute Gasteiger partial charge is 0.511 e. The first-order valence-electron chi connectivity index (χ1n) is 9.09. The Morgan fingerprint density at radius 1 is 1.30 bits per heavy atom. The number of hydrogen-bond donors (Lipinski definition) is 1. The average molecular weight is 375 g/mol. The van der Waals surface area contributed by atoms with Gasteiger partial charge in [0.15, 0.2) is 5.75 Å². The van der Waals surface area contributed by atoms with Crippen LogP contribution in [0.1, 0.15) is 25.8 Å². The standard InChI is InChI=1S/C19H22FN3O4/c1-11-9-21(2)5-6-22(11)16-8-15-13(7-14(16)20)18(24)17(27-19(25)26)10-23(15)12-3-4-12/h7-8,10-12H,3-6,9H2,1-2H3,(H,25,26). The Bertz CT molecular complexity index is 970. The van der Waals surface area contributed by atoms with Gasteiger partial charge in [0.25, 0.3) is 0 Å². The van der Waals surface area contributed by atoms with Gasteiger partial charge in [-0.3, -0.25) is 4.79 Å². The van der Waals surface area contributed by atoms with E-state index in [1.165, 1.54) is 12.3 Å². The van der Waals surface area contributed by atoms with Crippen LogP contribution in [-0.4, -0.2) is 53.5 Å². The number of fused-ring (bicyclic) bond motifs is 1. The van der Waals surface area contributed by atoms with Gasteiger partial charge in [0.2, 0.25) is 5.43 Å². The maximum Gasteiger partial charge on any atom is 0.511 e. The van der Waals surface area contributed by atoms with Gasteiger partial charge in [-0.25, -0.2) is 9.18 Å². The van der Waals surface area contributed by atoms with Crippen LogP contribution in [0.15, 0.2) is 23.1 Å². The van der Waals surface area contributed by atoms with Gasteiger partial charge < -0.3 is 24.2 Å². The summed E-state index contributed by atoms with van der Waals surface area (Å²) in [6, 6.07) is 3.25. The normalized spacial score (nSPS) is 20.9. The Balaban J connectivity index is 1.87. The van der Waals surface area contributed by atoms with E-state index in [0.29, 0.717) is 17.7 Å². The molecule has 1 unspecified atom stereocenters. The zero-order valence-electron chi connectivity index (χ0n) is 15.3. The Morgan fingerprint density at radius 3 is 2.67 bits per heavy atom. The Morgan fingerprint density at radius 2 is 2.04 bits per heavy atom. The Labute approximate surface area is 155 Å². The number of aromatic nitrogens is 1. The molecule has 2 heterocycles. The summed E-state index contributed by atoms with van der Waals surface area (Å²) in [4.78, 5) is 27.7. The topological polar surface area (TPSA) is 75.0 Å². The minimum absolute atomic E-state index is 0.142. The Hall–Kier alpha value is -2.61. The van der Waals surface area contributed by atoms with Crippen LogP contribution in [0.2, 0.25) is 0 Å². The minimum Gasteiger partial charge on any atom is -0.449 e. The van der Waals surface area contributed by atoms with Crippen molar-refractivity contribution < 1.29 is 19.0 Å². The quantitative estimate of drug-likeness (QED) is 0.832. The lowest BCUT2D eigenvalue weighted by Crippen LogP contribution is -2.50. The van der Waals surface area contributed by atoms with Gasteiger partial charge >= 0.3 is 6.16 Å². The molecule has 144 valence electrons. The number of carboxylic acid groups (broad SMARTS) is 1. The van der Waals surface area contributed by atoms with Crippen LogP contribution in [0.5, 0.6) is 5.75 Å². The van der Waals surface area contributed by atoms with Crippen LogP contribution in [0.25, 0.3) is 10.9 Å². The molecule has 1 N–H and O–H groups in total. The predicted molar refractivity (Wildman–Crippen MR) is 99.4 cm³/mol. The smallest absolute Gasteiger partial charge is 0.449 e. The minimum atomic E-state index is -1.56. The van der Waals surface area contributed by atoms with Crippen molar-refractivity contribution in [3.63, 3.8) is 0 Å². The first-order valence-corrected chi connectivity index (χ1v) is 9.09. The molecular formula is C19H22FN3O4. The molecule has 0 radical (unpaired) electrons. The zero-order chi connectivity index (χ0) is 19.3. The number of pyridine rings is 1. The van der Waals surface area contributed by atoms with E-state index in [0.717, 1.165) is 25.9 Å². The van der Waals surface area contributed by atoms with E-state index in [1.54, 1.807) is 6.07 Å². The number of halogens is 1. The van der Waals surface area contributed by atoms with Crippen LogP contribution in [0, 0.1) is 5.82 Å². The molecule has 1 atom stereocenters. The summed E-state index contributed by atoms with van der Waals surface area (Å²) in [5.41, 5.74) is 0.479. The van der Waals surface area contributed by atoms with Gasteiger partial charge in [-0.05, 0) is 38.9 Å². The molecule has 2 aliphatic rings. The van der Waals surface area contributed by atoms with Crippen molar-refractivity contribution in [3.05, 3.63) is 34.4 Å². The third-order valence-corrected chi connectivity index (χ3v) is 5.35. The lowest BCUT2D eigenvalue weighted by Gasteiger charge is -2.40. The fraction of sp³-hybridized carbons (Fsp3) is 0.474. The van der Waals surface area contributed by atoms with Gasteiger partial charge in [0.1, 0.15) is 5.82 Å². The Kier molecular flexibility index (Phi) is 4.30. The SMILES string of the molecule is CC1CN(C)CCN1c1cc2c(cc1F)c(=O)c(OC(=O)O)cn2C1CC1. The van der Waals surface area contributed by atoms with Crippen LogP contribution >= 0.6 is 0 Å². The molecule has 0 amide bonds. The van der Waals surface area contributed by atoms with E-state index in [4.69, 9.17) is 5.11 Å². The second-order valence-corrected chi connectivity index (χ2v) is 7.45. The van der Waals surface area contributed by atoms with Crippen molar-refractivity contribution >= 4 is 22.7 Å². The maximum atomic E-state index is 14.9. The molecule has 2 fully saturated rings. The monoisotopic (exact) mass is 375 g/mol. The van der Waals surface area contributed by atoms with Crippen LogP contribution < -0.4 is 15.1 Å². The molecule has 8 heteroatoms. The van der Waals surface area contributed by atoms with Crippen molar-refractivity contribution in [1.82, 2.24) is 9.47 Å². The van der Waals surface area contributed by atoms with Crippen LogP contribution in [0.4, 0.5) is 14.9 Å². The lowest BCUT2D eigenvalue weighted by molar-refractivity contribution is 0.143. The summed E-state index contributed by atoms with van der Waals surface area (Å²) in [7, 11) is 2.04. The van der Waals surface area contributed by atoms with Crippen molar-refractivity contribution in [3.8, 4) is 5.75 Å². The molecular weight excluding hydrogens is 353 g/mol. The number of rotatable bonds is 3. The summed E-state index contributed by atoms with van der Waals surface area (Å²) in [5.74, 6) is -0.771. The number of anilines is 1. The highest BCUT2D eigenvalue weighted by molar-refractivity contribution is 5.85. The second kappa shape index (κ2) is 6.53. The number of ether oxygens (including phenoxy) is 1. The number of hydrogen-bond acceptors (Lipinski definition) is 5. The van der Waals surface area contributed by atoms with Gasteiger partial charge in [0, 0.05) is 31.7 Å². The average Bonchev–Trinajstić information content (AvgIpc) is 3.42. The zero-order valence-corrected chi connectivity index (χ0v) is 15.3. The van der Waals surface area contributed by atoms with Crippen molar-refractivity contribution in [2.75, 3.05) is 31.6 Å². The van der Waals surface area contributed by atoms with Crippen molar-refractivity contribution in [2.45, 2.75) is 31.8 Å². The summed E-state index contributed by atoms with van der Waals surface area (Å²) in [5, 5.41) is 9.02. The molecule has 2 aromatic rings. The van der Waals surface area contributed by atoms with Crippen LogP contribution in [0.3, 0.4) is 0 Å². The van der Waals surface area contributed by atoms with Gasteiger partial charge in [0.05, 0.1) is 22.8 Å². The first-order chi connectivity index (χ1) is 12.8.